The van der Waals surface area contributed by atoms with Crippen molar-refractivity contribution in [2.45, 2.75) is 26.3 Å². The monoisotopic (exact) mass is 298 g/mol. The number of hydrogen-bond acceptors (Lipinski definition) is 6. The van der Waals surface area contributed by atoms with Gasteiger partial charge in [-0.05, 0) is 26.8 Å². The van der Waals surface area contributed by atoms with Crippen molar-refractivity contribution in [2.75, 3.05) is 5.32 Å². The zero-order chi connectivity index (χ0) is 15.8. The Morgan fingerprint density at radius 1 is 1.33 bits per heavy atom. The van der Waals surface area contributed by atoms with Crippen molar-refractivity contribution in [1.29, 1.82) is 0 Å². The molecular weight excluding hydrogens is 286 g/mol. The van der Waals surface area contributed by atoms with Crippen LogP contribution in [0.5, 0.6) is 0 Å². The van der Waals surface area contributed by atoms with Crippen LogP contribution in [0.2, 0.25) is 0 Å². The maximum atomic E-state index is 14.0. The standard InChI is InChI=1S/C12H12F2N4O3/c1-12(2,3)16-11-15-10(17-21-11)8-6(13)4-5-7(9(8)14)18(19)20/h4-5H,1-3H3,(H,15,16,17). The van der Waals surface area contributed by atoms with Crippen LogP contribution in [0.25, 0.3) is 11.4 Å². The van der Waals surface area contributed by atoms with Crippen LogP contribution < -0.4 is 5.32 Å². The predicted molar refractivity (Wildman–Crippen MR) is 69.7 cm³/mol. The Morgan fingerprint density at radius 2 is 2.00 bits per heavy atom. The first-order valence-corrected chi connectivity index (χ1v) is 5.93. The lowest BCUT2D eigenvalue weighted by atomic mass is 10.1. The van der Waals surface area contributed by atoms with Gasteiger partial charge in [-0.2, -0.15) is 9.37 Å². The van der Waals surface area contributed by atoms with Crippen molar-refractivity contribution in [3.05, 3.63) is 33.9 Å². The highest BCUT2D eigenvalue weighted by molar-refractivity contribution is 5.62. The van der Waals surface area contributed by atoms with E-state index in [2.05, 4.69) is 15.5 Å². The first-order chi connectivity index (χ1) is 9.69. The lowest BCUT2D eigenvalue weighted by Crippen LogP contribution is -2.26. The number of nitro groups is 1. The number of halogens is 2. The fourth-order valence-corrected chi connectivity index (χ4v) is 1.58. The van der Waals surface area contributed by atoms with Gasteiger partial charge < -0.3 is 9.84 Å². The van der Waals surface area contributed by atoms with Crippen LogP contribution in [0, 0.1) is 21.7 Å². The van der Waals surface area contributed by atoms with Crippen LogP contribution >= 0.6 is 0 Å². The molecule has 0 bridgehead atoms. The third kappa shape index (κ3) is 3.12. The molecule has 0 spiro atoms. The third-order valence-electron chi connectivity index (χ3n) is 2.40. The molecule has 0 saturated heterocycles. The van der Waals surface area contributed by atoms with Crippen LogP contribution in [0.15, 0.2) is 16.7 Å². The van der Waals surface area contributed by atoms with Gasteiger partial charge in [-0.15, -0.1) is 0 Å². The number of rotatable bonds is 3. The highest BCUT2D eigenvalue weighted by Gasteiger charge is 2.26. The summed E-state index contributed by atoms with van der Waals surface area (Å²) in [5.74, 6) is -2.76. The van der Waals surface area contributed by atoms with Gasteiger partial charge in [-0.25, -0.2) is 4.39 Å². The molecule has 0 aliphatic rings. The Kier molecular flexibility index (Phi) is 3.58. The summed E-state index contributed by atoms with van der Waals surface area (Å²) in [5.41, 5.74) is -1.96. The predicted octanol–water partition coefficient (Wildman–Crippen LogP) is 3.13. The molecule has 9 heteroatoms. The molecular formula is C12H12F2N4O3. The fraction of sp³-hybridized carbons (Fsp3) is 0.333. The zero-order valence-electron chi connectivity index (χ0n) is 11.5. The molecule has 0 aliphatic carbocycles. The molecule has 0 fully saturated rings. The number of benzene rings is 1. The van der Waals surface area contributed by atoms with Gasteiger partial charge in [-0.3, -0.25) is 10.1 Å². The molecule has 0 atom stereocenters. The SMILES string of the molecule is CC(C)(C)Nc1nc(-c2c(F)ccc([N+](=O)[O-])c2F)no1. The van der Waals surface area contributed by atoms with Gasteiger partial charge in [0.1, 0.15) is 11.4 Å². The van der Waals surface area contributed by atoms with Crippen molar-refractivity contribution >= 4 is 11.7 Å². The number of nitro benzene ring substituents is 1. The maximum absolute atomic E-state index is 14.0. The van der Waals surface area contributed by atoms with Gasteiger partial charge in [0.05, 0.1) is 4.92 Å². The van der Waals surface area contributed by atoms with Crippen LogP contribution in [-0.2, 0) is 0 Å². The molecule has 0 radical (unpaired) electrons. The van der Waals surface area contributed by atoms with E-state index in [9.17, 15) is 18.9 Å². The Bertz CT molecular complexity index is 694. The van der Waals surface area contributed by atoms with Crippen LogP contribution in [0.4, 0.5) is 20.5 Å². The van der Waals surface area contributed by atoms with Gasteiger partial charge in [0.2, 0.25) is 11.6 Å². The summed E-state index contributed by atoms with van der Waals surface area (Å²) in [6.07, 6.45) is 0. The first kappa shape index (κ1) is 14.8. The van der Waals surface area contributed by atoms with E-state index < -0.39 is 39.2 Å². The molecule has 1 N–H and O–H groups in total. The van der Waals surface area contributed by atoms with Crippen molar-refractivity contribution < 1.29 is 18.2 Å². The van der Waals surface area contributed by atoms with E-state index in [1.165, 1.54) is 0 Å². The minimum Gasteiger partial charge on any atom is -0.333 e. The molecule has 1 aromatic carbocycles. The van der Waals surface area contributed by atoms with Crippen LogP contribution in [0.3, 0.4) is 0 Å². The lowest BCUT2D eigenvalue weighted by molar-refractivity contribution is -0.387. The van der Waals surface area contributed by atoms with Crippen LogP contribution in [-0.4, -0.2) is 20.6 Å². The van der Waals surface area contributed by atoms with Gasteiger partial charge in [0.25, 0.3) is 0 Å². The lowest BCUT2D eigenvalue weighted by Gasteiger charge is -2.17. The molecule has 112 valence electrons. The minimum atomic E-state index is -1.34. The Balaban J connectivity index is 2.47. The van der Waals surface area contributed by atoms with E-state index in [-0.39, 0.29) is 6.01 Å². The summed E-state index contributed by atoms with van der Waals surface area (Å²) in [6, 6.07) is 1.48. The summed E-state index contributed by atoms with van der Waals surface area (Å²) in [5, 5.41) is 16.9. The summed E-state index contributed by atoms with van der Waals surface area (Å²) in [6.45, 7) is 5.47. The first-order valence-electron chi connectivity index (χ1n) is 5.93. The van der Waals surface area contributed by atoms with Crippen molar-refractivity contribution in [1.82, 2.24) is 10.1 Å². The number of nitrogens with zero attached hydrogens (tertiary/aromatic N) is 3. The highest BCUT2D eigenvalue weighted by atomic mass is 19.1. The van der Waals surface area contributed by atoms with Crippen molar-refractivity contribution in [3.8, 4) is 11.4 Å². The summed E-state index contributed by atoms with van der Waals surface area (Å²) in [4.78, 5) is 13.5. The molecule has 21 heavy (non-hydrogen) atoms. The fourth-order valence-electron chi connectivity index (χ4n) is 1.58. The molecule has 1 heterocycles. The quantitative estimate of drug-likeness (QED) is 0.691. The molecule has 0 aliphatic heterocycles. The molecule has 2 rings (SSSR count). The maximum Gasteiger partial charge on any atom is 0.322 e. The van der Waals surface area contributed by atoms with E-state index in [0.29, 0.717) is 0 Å². The summed E-state index contributed by atoms with van der Waals surface area (Å²) >= 11 is 0. The molecule has 2 aromatic rings. The summed E-state index contributed by atoms with van der Waals surface area (Å²) < 4.78 is 32.5. The molecule has 0 unspecified atom stereocenters. The van der Waals surface area contributed by atoms with E-state index in [0.717, 1.165) is 12.1 Å². The molecule has 7 nitrogen and oxygen atoms in total. The number of aromatic nitrogens is 2. The van der Waals surface area contributed by atoms with E-state index >= 15 is 0 Å². The Labute approximate surface area is 118 Å². The van der Waals surface area contributed by atoms with Crippen LogP contribution in [0.1, 0.15) is 20.8 Å². The number of hydrogen-bond donors (Lipinski definition) is 1. The average molecular weight is 298 g/mol. The minimum absolute atomic E-state index is 0.0391. The second-order valence-corrected chi connectivity index (χ2v) is 5.31. The second kappa shape index (κ2) is 5.08. The smallest absolute Gasteiger partial charge is 0.322 e. The van der Waals surface area contributed by atoms with Gasteiger partial charge in [0, 0.05) is 11.6 Å². The third-order valence-corrected chi connectivity index (χ3v) is 2.40. The van der Waals surface area contributed by atoms with Gasteiger partial charge in [-0.1, -0.05) is 5.16 Å². The number of nitrogens with one attached hydrogen (secondary N) is 1. The van der Waals surface area contributed by atoms with Crippen molar-refractivity contribution in [3.63, 3.8) is 0 Å². The highest BCUT2D eigenvalue weighted by Crippen LogP contribution is 2.30. The van der Waals surface area contributed by atoms with Gasteiger partial charge >= 0.3 is 11.7 Å². The van der Waals surface area contributed by atoms with E-state index in [1.54, 1.807) is 0 Å². The molecule has 0 amide bonds. The normalized spacial score (nSPS) is 11.5. The topological polar surface area (TPSA) is 94.1 Å². The summed E-state index contributed by atoms with van der Waals surface area (Å²) in [7, 11) is 0. The zero-order valence-corrected chi connectivity index (χ0v) is 11.5. The Hall–Kier alpha value is -2.58. The largest absolute Gasteiger partial charge is 0.333 e. The second-order valence-electron chi connectivity index (χ2n) is 5.31. The van der Waals surface area contributed by atoms with Gasteiger partial charge in [0.15, 0.2) is 0 Å². The number of anilines is 1. The molecule has 0 saturated carbocycles. The van der Waals surface area contributed by atoms with Crippen molar-refractivity contribution in [2.24, 2.45) is 0 Å². The molecule has 1 aromatic heterocycles. The average Bonchev–Trinajstić information content (AvgIpc) is 2.74. The van der Waals surface area contributed by atoms with E-state index in [4.69, 9.17) is 4.52 Å². The Morgan fingerprint density at radius 3 is 2.57 bits per heavy atom. The van der Waals surface area contributed by atoms with E-state index in [1.807, 2.05) is 20.8 Å².